The van der Waals surface area contributed by atoms with E-state index in [2.05, 4.69) is 13.0 Å². The third-order valence-electron chi connectivity index (χ3n) is 2.86. The van der Waals surface area contributed by atoms with Crippen LogP contribution in [0.2, 0.25) is 0 Å². The van der Waals surface area contributed by atoms with Gasteiger partial charge in [0.2, 0.25) is 0 Å². The van der Waals surface area contributed by atoms with E-state index in [0.29, 0.717) is 5.92 Å². The molecule has 1 aromatic rings. The van der Waals surface area contributed by atoms with E-state index in [1.54, 1.807) is 19.0 Å². The molecule has 1 aromatic carbocycles. The van der Waals surface area contributed by atoms with Crippen LogP contribution in [0.1, 0.15) is 40.2 Å². The molecule has 15 heavy (non-hydrogen) atoms. The zero-order chi connectivity index (χ0) is 11.0. The topological polar surface area (TPSA) is 20.3 Å². The smallest absolute Gasteiger partial charge is 0.253 e. The Labute approximate surface area is 90.9 Å². The lowest BCUT2D eigenvalue weighted by atomic mass is 10.00. The van der Waals surface area contributed by atoms with Gasteiger partial charge in [-0.25, -0.2) is 0 Å². The summed E-state index contributed by atoms with van der Waals surface area (Å²) in [6.45, 7) is 2.08. The number of benzene rings is 1. The molecule has 0 heterocycles. The molecule has 0 unspecified atom stereocenters. The zero-order valence-corrected chi connectivity index (χ0v) is 9.58. The molecule has 0 aromatic heterocycles. The fourth-order valence-electron chi connectivity index (χ4n) is 1.85. The highest BCUT2D eigenvalue weighted by molar-refractivity contribution is 5.95. The predicted octanol–water partition coefficient (Wildman–Crippen LogP) is 2.57. The lowest BCUT2D eigenvalue weighted by Crippen LogP contribution is -2.22. The monoisotopic (exact) mass is 203 g/mol. The fourth-order valence-corrected chi connectivity index (χ4v) is 1.85. The summed E-state index contributed by atoms with van der Waals surface area (Å²) in [5, 5.41) is 0. The standard InChI is InChI=1S/C13H17NO/c1-9-4-7-11(13(15)14(2)3)12(8-9)10-5-6-10/h4,7-8,10H,5-6H2,1-3H3. The Morgan fingerprint density at radius 2 is 2.00 bits per heavy atom. The number of carbonyl (C=O) groups is 1. The van der Waals surface area contributed by atoms with E-state index in [-0.39, 0.29) is 5.91 Å². The minimum Gasteiger partial charge on any atom is -0.345 e. The maximum atomic E-state index is 11.9. The van der Waals surface area contributed by atoms with Crippen LogP contribution in [0.5, 0.6) is 0 Å². The third kappa shape index (κ3) is 2.04. The highest BCUT2D eigenvalue weighted by atomic mass is 16.2. The van der Waals surface area contributed by atoms with Crippen LogP contribution in [0.15, 0.2) is 18.2 Å². The van der Waals surface area contributed by atoms with Crippen LogP contribution < -0.4 is 0 Å². The van der Waals surface area contributed by atoms with Gasteiger partial charge in [0.15, 0.2) is 0 Å². The van der Waals surface area contributed by atoms with Crippen LogP contribution in [0, 0.1) is 6.92 Å². The van der Waals surface area contributed by atoms with Gasteiger partial charge in [0, 0.05) is 19.7 Å². The average Bonchev–Trinajstić information content (AvgIpc) is 2.99. The third-order valence-corrected chi connectivity index (χ3v) is 2.86. The van der Waals surface area contributed by atoms with Crippen LogP contribution >= 0.6 is 0 Å². The molecule has 1 aliphatic rings. The summed E-state index contributed by atoms with van der Waals surface area (Å²) < 4.78 is 0. The van der Waals surface area contributed by atoms with Crippen LogP contribution in [-0.4, -0.2) is 24.9 Å². The van der Waals surface area contributed by atoms with Gasteiger partial charge in [-0.15, -0.1) is 0 Å². The molecule has 0 aliphatic heterocycles. The SMILES string of the molecule is Cc1ccc(C(=O)N(C)C)c(C2CC2)c1. The van der Waals surface area contributed by atoms with E-state index in [1.165, 1.54) is 24.0 Å². The molecule has 0 radical (unpaired) electrons. The molecule has 0 spiro atoms. The Morgan fingerprint density at radius 1 is 1.33 bits per heavy atom. The number of nitrogens with zero attached hydrogens (tertiary/aromatic N) is 1. The van der Waals surface area contributed by atoms with E-state index < -0.39 is 0 Å². The van der Waals surface area contributed by atoms with Gasteiger partial charge in [-0.1, -0.05) is 17.7 Å². The van der Waals surface area contributed by atoms with E-state index in [4.69, 9.17) is 0 Å². The number of hydrogen-bond acceptors (Lipinski definition) is 1. The minimum atomic E-state index is 0.122. The number of amides is 1. The summed E-state index contributed by atoms with van der Waals surface area (Å²) >= 11 is 0. The van der Waals surface area contributed by atoms with Gasteiger partial charge in [0.1, 0.15) is 0 Å². The Bertz CT molecular complexity index is 392. The molecule has 2 rings (SSSR count). The normalized spacial score (nSPS) is 15.1. The van der Waals surface area contributed by atoms with Gasteiger partial charge in [-0.2, -0.15) is 0 Å². The largest absolute Gasteiger partial charge is 0.345 e. The summed E-state index contributed by atoms with van der Waals surface area (Å²) in [7, 11) is 3.61. The lowest BCUT2D eigenvalue weighted by molar-refractivity contribution is 0.0826. The number of hydrogen-bond donors (Lipinski definition) is 0. The Kier molecular flexibility index (Phi) is 2.51. The first kappa shape index (κ1) is 10.2. The molecule has 0 bridgehead atoms. The van der Waals surface area contributed by atoms with Crippen LogP contribution in [0.4, 0.5) is 0 Å². The molecule has 1 fully saturated rings. The molecule has 0 N–H and O–H groups in total. The summed E-state index contributed by atoms with van der Waals surface area (Å²) in [6.07, 6.45) is 2.47. The van der Waals surface area contributed by atoms with Crippen LogP contribution in [0.3, 0.4) is 0 Å². The van der Waals surface area contributed by atoms with E-state index in [0.717, 1.165) is 5.56 Å². The predicted molar refractivity (Wildman–Crippen MR) is 61.2 cm³/mol. The average molecular weight is 203 g/mol. The number of rotatable bonds is 2. The van der Waals surface area contributed by atoms with Crippen LogP contribution in [-0.2, 0) is 0 Å². The summed E-state index contributed by atoms with van der Waals surface area (Å²) in [6, 6.07) is 6.14. The zero-order valence-electron chi connectivity index (χ0n) is 9.58. The van der Waals surface area contributed by atoms with Gasteiger partial charge >= 0.3 is 0 Å². The first-order valence-corrected chi connectivity index (χ1v) is 5.42. The van der Waals surface area contributed by atoms with E-state index in [9.17, 15) is 4.79 Å². The molecule has 1 saturated carbocycles. The highest BCUT2D eigenvalue weighted by Crippen LogP contribution is 2.42. The maximum Gasteiger partial charge on any atom is 0.253 e. The van der Waals surface area contributed by atoms with Crippen molar-refractivity contribution in [3.63, 3.8) is 0 Å². The number of carbonyl (C=O) groups excluding carboxylic acids is 1. The van der Waals surface area contributed by atoms with Crippen molar-refractivity contribution >= 4 is 5.91 Å². The van der Waals surface area contributed by atoms with E-state index >= 15 is 0 Å². The Hall–Kier alpha value is -1.31. The Balaban J connectivity index is 2.41. The van der Waals surface area contributed by atoms with Crippen molar-refractivity contribution in [2.24, 2.45) is 0 Å². The van der Waals surface area contributed by atoms with Crippen molar-refractivity contribution in [1.29, 1.82) is 0 Å². The molecular weight excluding hydrogens is 186 g/mol. The summed E-state index contributed by atoms with van der Waals surface area (Å²) in [4.78, 5) is 13.6. The molecule has 0 saturated heterocycles. The van der Waals surface area contributed by atoms with Gasteiger partial charge in [0.05, 0.1) is 0 Å². The minimum absolute atomic E-state index is 0.122. The molecule has 80 valence electrons. The van der Waals surface area contributed by atoms with Gasteiger partial charge in [-0.3, -0.25) is 4.79 Å². The molecule has 2 nitrogen and oxygen atoms in total. The molecule has 2 heteroatoms. The number of aryl methyl sites for hydroxylation is 1. The molecule has 1 aliphatic carbocycles. The summed E-state index contributed by atoms with van der Waals surface area (Å²) in [5.41, 5.74) is 3.37. The van der Waals surface area contributed by atoms with Crippen molar-refractivity contribution in [3.05, 3.63) is 34.9 Å². The maximum absolute atomic E-state index is 11.9. The van der Waals surface area contributed by atoms with Crippen molar-refractivity contribution < 1.29 is 4.79 Å². The highest BCUT2D eigenvalue weighted by Gasteiger charge is 2.28. The molecule has 0 atom stereocenters. The second-order valence-electron chi connectivity index (χ2n) is 4.56. The molecular formula is C13H17NO. The van der Waals surface area contributed by atoms with Crippen molar-refractivity contribution in [1.82, 2.24) is 4.90 Å². The van der Waals surface area contributed by atoms with Crippen molar-refractivity contribution in [2.45, 2.75) is 25.7 Å². The van der Waals surface area contributed by atoms with Gasteiger partial charge in [-0.05, 0) is 37.3 Å². The summed E-state index contributed by atoms with van der Waals surface area (Å²) in [5.74, 6) is 0.751. The quantitative estimate of drug-likeness (QED) is 0.723. The fraction of sp³-hybridized carbons (Fsp3) is 0.462. The van der Waals surface area contributed by atoms with Gasteiger partial charge < -0.3 is 4.90 Å². The first-order valence-electron chi connectivity index (χ1n) is 5.42. The second-order valence-corrected chi connectivity index (χ2v) is 4.56. The van der Waals surface area contributed by atoms with Crippen molar-refractivity contribution in [2.75, 3.05) is 14.1 Å². The van der Waals surface area contributed by atoms with Crippen LogP contribution in [0.25, 0.3) is 0 Å². The van der Waals surface area contributed by atoms with E-state index in [1.807, 2.05) is 12.1 Å². The van der Waals surface area contributed by atoms with Gasteiger partial charge in [0.25, 0.3) is 5.91 Å². The Morgan fingerprint density at radius 3 is 2.53 bits per heavy atom. The first-order chi connectivity index (χ1) is 7.09. The lowest BCUT2D eigenvalue weighted by Gasteiger charge is -2.14. The second kappa shape index (κ2) is 3.69. The van der Waals surface area contributed by atoms with Crippen molar-refractivity contribution in [3.8, 4) is 0 Å². The molecule has 1 amide bonds.